The van der Waals surface area contributed by atoms with Gasteiger partial charge in [0.25, 0.3) is 0 Å². The standard InChI is InChI=1S/C14H17FN4O2/c1-9-12(13(20)21-14(2,3)4)17-18-19(9)8-10-5-11(15)7-16-6-10/h5-7H,8H2,1-4H3. The topological polar surface area (TPSA) is 69.9 Å². The van der Waals surface area contributed by atoms with Gasteiger partial charge >= 0.3 is 5.97 Å². The largest absolute Gasteiger partial charge is 0.455 e. The molecule has 21 heavy (non-hydrogen) atoms. The van der Waals surface area contributed by atoms with Gasteiger partial charge in [-0.2, -0.15) is 0 Å². The third-order valence-electron chi connectivity index (χ3n) is 2.67. The molecule has 0 aliphatic heterocycles. The fourth-order valence-electron chi connectivity index (χ4n) is 1.74. The van der Waals surface area contributed by atoms with Crippen molar-refractivity contribution < 1.29 is 13.9 Å². The smallest absolute Gasteiger partial charge is 0.361 e. The van der Waals surface area contributed by atoms with E-state index in [-0.39, 0.29) is 12.2 Å². The van der Waals surface area contributed by atoms with Crippen LogP contribution in [-0.4, -0.2) is 31.5 Å². The van der Waals surface area contributed by atoms with Gasteiger partial charge in [-0.1, -0.05) is 5.21 Å². The van der Waals surface area contributed by atoms with Crippen molar-refractivity contribution in [1.29, 1.82) is 0 Å². The van der Waals surface area contributed by atoms with Gasteiger partial charge in [0.15, 0.2) is 5.69 Å². The van der Waals surface area contributed by atoms with Crippen LogP contribution in [0.1, 0.15) is 42.5 Å². The SMILES string of the molecule is Cc1c(C(=O)OC(C)(C)C)nnn1Cc1cncc(F)c1. The minimum absolute atomic E-state index is 0.161. The maximum absolute atomic E-state index is 13.1. The molecule has 0 radical (unpaired) electrons. The van der Waals surface area contributed by atoms with Gasteiger partial charge in [0.2, 0.25) is 0 Å². The molecule has 0 saturated heterocycles. The summed E-state index contributed by atoms with van der Waals surface area (Å²) in [5.74, 6) is -0.943. The van der Waals surface area contributed by atoms with Crippen LogP contribution in [0.15, 0.2) is 18.5 Å². The third kappa shape index (κ3) is 3.84. The Morgan fingerprint density at radius 3 is 2.71 bits per heavy atom. The second-order valence-corrected chi connectivity index (χ2v) is 5.69. The van der Waals surface area contributed by atoms with E-state index in [4.69, 9.17) is 4.74 Å². The number of carbonyl (C=O) groups excluding carboxylic acids is 1. The lowest BCUT2D eigenvalue weighted by Gasteiger charge is -2.18. The van der Waals surface area contributed by atoms with E-state index in [1.165, 1.54) is 16.9 Å². The number of halogens is 1. The van der Waals surface area contributed by atoms with Crippen LogP contribution in [0.3, 0.4) is 0 Å². The van der Waals surface area contributed by atoms with E-state index in [1.807, 2.05) is 0 Å². The van der Waals surface area contributed by atoms with Gasteiger partial charge in [-0.25, -0.2) is 13.9 Å². The molecule has 0 unspecified atom stereocenters. The fraction of sp³-hybridized carbons (Fsp3) is 0.429. The molecule has 0 aliphatic carbocycles. The molecule has 112 valence electrons. The highest BCUT2D eigenvalue weighted by Gasteiger charge is 2.23. The van der Waals surface area contributed by atoms with Crippen molar-refractivity contribution in [3.63, 3.8) is 0 Å². The summed E-state index contributed by atoms with van der Waals surface area (Å²) in [7, 11) is 0. The third-order valence-corrected chi connectivity index (χ3v) is 2.67. The molecule has 2 aromatic heterocycles. The molecule has 0 bridgehead atoms. The van der Waals surface area contributed by atoms with Crippen molar-refractivity contribution in [1.82, 2.24) is 20.0 Å². The molecule has 6 nitrogen and oxygen atoms in total. The van der Waals surface area contributed by atoms with E-state index in [1.54, 1.807) is 27.7 Å². The van der Waals surface area contributed by atoms with Crippen LogP contribution in [-0.2, 0) is 11.3 Å². The Balaban J connectivity index is 2.19. The Bertz CT molecular complexity index is 661. The first-order chi connectivity index (χ1) is 9.76. The summed E-state index contributed by atoms with van der Waals surface area (Å²) in [4.78, 5) is 15.8. The van der Waals surface area contributed by atoms with Crippen LogP contribution in [0.2, 0.25) is 0 Å². The van der Waals surface area contributed by atoms with E-state index in [0.717, 1.165) is 6.20 Å². The molecule has 0 N–H and O–H groups in total. The summed E-state index contributed by atoms with van der Waals surface area (Å²) in [6.45, 7) is 7.34. The number of rotatable bonds is 3. The van der Waals surface area contributed by atoms with Crippen LogP contribution in [0.25, 0.3) is 0 Å². The zero-order chi connectivity index (χ0) is 15.6. The summed E-state index contributed by atoms with van der Waals surface area (Å²) in [5.41, 5.74) is 0.765. The van der Waals surface area contributed by atoms with E-state index in [9.17, 15) is 9.18 Å². The first kappa shape index (κ1) is 15.1. The zero-order valence-corrected chi connectivity index (χ0v) is 12.4. The van der Waals surface area contributed by atoms with E-state index >= 15 is 0 Å². The Morgan fingerprint density at radius 2 is 2.10 bits per heavy atom. The molecule has 2 aromatic rings. The van der Waals surface area contributed by atoms with Crippen molar-refractivity contribution >= 4 is 5.97 Å². The number of hydrogen-bond donors (Lipinski definition) is 0. The molecule has 0 atom stereocenters. The summed E-state index contributed by atoms with van der Waals surface area (Å²) in [6, 6.07) is 1.36. The normalized spacial score (nSPS) is 11.5. The first-order valence-electron chi connectivity index (χ1n) is 6.49. The van der Waals surface area contributed by atoms with Gasteiger partial charge in [0.1, 0.15) is 11.4 Å². The molecule has 2 heterocycles. The molecule has 2 rings (SSSR count). The monoisotopic (exact) mass is 292 g/mol. The zero-order valence-electron chi connectivity index (χ0n) is 12.4. The minimum Gasteiger partial charge on any atom is -0.455 e. The maximum Gasteiger partial charge on any atom is 0.361 e. The highest BCUT2D eigenvalue weighted by molar-refractivity contribution is 5.88. The maximum atomic E-state index is 13.1. The van der Waals surface area contributed by atoms with Gasteiger partial charge in [0, 0.05) is 6.20 Å². The number of hydrogen-bond acceptors (Lipinski definition) is 5. The van der Waals surface area contributed by atoms with E-state index < -0.39 is 17.4 Å². The Kier molecular flexibility index (Phi) is 4.02. The second-order valence-electron chi connectivity index (χ2n) is 5.69. The quantitative estimate of drug-likeness (QED) is 0.810. The van der Waals surface area contributed by atoms with Crippen molar-refractivity contribution in [2.45, 2.75) is 39.8 Å². The highest BCUT2D eigenvalue weighted by Crippen LogP contribution is 2.14. The summed E-state index contributed by atoms with van der Waals surface area (Å²) in [5, 5.41) is 7.75. The predicted molar refractivity (Wildman–Crippen MR) is 73.2 cm³/mol. The number of nitrogens with zero attached hydrogens (tertiary/aromatic N) is 4. The van der Waals surface area contributed by atoms with Crippen LogP contribution >= 0.6 is 0 Å². The Morgan fingerprint density at radius 1 is 1.38 bits per heavy atom. The average molecular weight is 292 g/mol. The molecule has 0 saturated carbocycles. The van der Waals surface area contributed by atoms with Gasteiger partial charge in [-0.05, 0) is 39.3 Å². The lowest BCUT2D eigenvalue weighted by atomic mass is 10.2. The number of pyridine rings is 1. The van der Waals surface area contributed by atoms with Gasteiger partial charge in [-0.3, -0.25) is 4.98 Å². The van der Waals surface area contributed by atoms with Gasteiger partial charge < -0.3 is 4.74 Å². The molecule has 0 fully saturated rings. The van der Waals surface area contributed by atoms with Crippen molar-refractivity contribution in [3.8, 4) is 0 Å². The molecule has 7 heteroatoms. The number of carbonyl (C=O) groups is 1. The van der Waals surface area contributed by atoms with Crippen molar-refractivity contribution in [3.05, 3.63) is 41.2 Å². The van der Waals surface area contributed by atoms with Crippen molar-refractivity contribution in [2.75, 3.05) is 0 Å². The molecule has 0 amide bonds. The van der Waals surface area contributed by atoms with Gasteiger partial charge in [-0.15, -0.1) is 5.10 Å². The van der Waals surface area contributed by atoms with Gasteiger partial charge in [0.05, 0.1) is 18.4 Å². The molecule has 0 spiro atoms. The van der Waals surface area contributed by atoms with Crippen molar-refractivity contribution in [2.24, 2.45) is 0 Å². The molecule has 0 aromatic carbocycles. The van der Waals surface area contributed by atoms with E-state index in [0.29, 0.717) is 11.3 Å². The fourth-order valence-corrected chi connectivity index (χ4v) is 1.74. The molecule has 0 aliphatic rings. The second kappa shape index (κ2) is 5.59. The lowest BCUT2D eigenvalue weighted by Crippen LogP contribution is -2.24. The Labute approximate surface area is 121 Å². The molecular weight excluding hydrogens is 275 g/mol. The summed E-state index contributed by atoms with van der Waals surface area (Å²) in [6.07, 6.45) is 2.67. The highest BCUT2D eigenvalue weighted by atomic mass is 19.1. The van der Waals surface area contributed by atoms with Crippen LogP contribution in [0, 0.1) is 12.7 Å². The summed E-state index contributed by atoms with van der Waals surface area (Å²) >= 11 is 0. The number of ether oxygens (including phenoxy) is 1. The predicted octanol–water partition coefficient (Wildman–Crippen LogP) is 2.12. The molecular formula is C14H17FN4O2. The van der Waals surface area contributed by atoms with Crippen LogP contribution < -0.4 is 0 Å². The van der Waals surface area contributed by atoms with Crippen LogP contribution in [0.4, 0.5) is 4.39 Å². The average Bonchev–Trinajstić information content (AvgIpc) is 2.69. The number of esters is 1. The van der Waals surface area contributed by atoms with Crippen LogP contribution in [0.5, 0.6) is 0 Å². The Hall–Kier alpha value is -2.31. The minimum atomic E-state index is -0.597. The summed E-state index contributed by atoms with van der Waals surface area (Å²) < 4.78 is 19.9. The lowest BCUT2D eigenvalue weighted by molar-refractivity contribution is 0.00618. The first-order valence-corrected chi connectivity index (χ1v) is 6.49. The number of aromatic nitrogens is 4. The van der Waals surface area contributed by atoms with E-state index in [2.05, 4.69) is 15.3 Å².